The summed E-state index contributed by atoms with van der Waals surface area (Å²) < 4.78 is 22.4. The second-order valence-corrected chi connectivity index (χ2v) is 6.21. The number of aromatic nitrogens is 1. The zero-order valence-corrected chi connectivity index (χ0v) is 15.8. The molecule has 0 amide bonds. The van der Waals surface area contributed by atoms with E-state index in [1.807, 2.05) is 25.1 Å². The zero-order valence-electron chi connectivity index (χ0n) is 15.8. The van der Waals surface area contributed by atoms with Crippen LogP contribution in [0.1, 0.15) is 18.9 Å². The summed E-state index contributed by atoms with van der Waals surface area (Å²) in [4.78, 5) is 4.38. The summed E-state index contributed by atoms with van der Waals surface area (Å²) in [5, 5.41) is 13.7. The highest BCUT2D eigenvalue weighted by molar-refractivity contribution is 5.98. The Morgan fingerprint density at radius 3 is 2.68 bits per heavy atom. The van der Waals surface area contributed by atoms with Crippen LogP contribution in [-0.2, 0) is 0 Å². The Bertz CT molecular complexity index is 1090. The maximum atomic E-state index is 9.61. The Kier molecular flexibility index (Phi) is 4.53. The molecule has 0 saturated carbocycles. The molecule has 1 aliphatic heterocycles. The van der Waals surface area contributed by atoms with Gasteiger partial charge in [-0.25, -0.2) is 0 Å². The first-order valence-corrected chi connectivity index (χ1v) is 8.86. The van der Waals surface area contributed by atoms with Crippen LogP contribution in [0.2, 0.25) is 0 Å². The number of fused-ring (bicyclic) bond motifs is 2. The van der Waals surface area contributed by atoms with Gasteiger partial charge in [-0.1, -0.05) is 13.0 Å². The van der Waals surface area contributed by atoms with Gasteiger partial charge in [-0.2, -0.15) is 5.26 Å². The van der Waals surface area contributed by atoms with E-state index in [1.54, 1.807) is 26.4 Å². The van der Waals surface area contributed by atoms with E-state index >= 15 is 0 Å². The number of nitriles is 1. The third-order valence-electron chi connectivity index (χ3n) is 4.57. The predicted octanol–water partition coefficient (Wildman–Crippen LogP) is 4.37. The van der Waals surface area contributed by atoms with Gasteiger partial charge in [0.25, 0.3) is 0 Å². The van der Waals surface area contributed by atoms with Gasteiger partial charge < -0.3 is 24.3 Å². The van der Waals surface area contributed by atoms with Crippen LogP contribution in [0.5, 0.6) is 23.0 Å². The number of ether oxygens (including phenoxy) is 4. The number of para-hydroxylation sites is 1. The molecule has 4 rings (SSSR count). The fourth-order valence-electron chi connectivity index (χ4n) is 3.17. The van der Waals surface area contributed by atoms with Gasteiger partial charge >= 0.3 is 0 Å². The van der Waals surface area contributed by atoms with Crippen LogP contribution in [-0.4, -0.2) is 25.5 Å². The Morgan fingerprint density at radius 1 is 1.18 bits per heavy atom. The van der Waals surface area contributed by atoms with Gasteiger partial charge in [-0.15, -0.1) is 0 Å². The van der Waals surface area contributed by atoms with Gasteiger partial charge in [-0.3, -0.25) is 4.98 Å². The average Bonchev–Trinajstić information content (AvgIpc) is 3.17. The number of anilines is 2. The molecule has 1 atom stereocenters. The lowest BCUT2D eigenvalue weighted by molar-refractivity contribution is 0.0468. The highest BCUT2D eigenvalue weighted by Crippen LogP contribution is 2.44. The Hall–Kier alpha value is -3.66. The minimum atomic E-state index is -0.313. The van der Waals surface area contributed by atoms with E-state index in [2.05, 4.69) is 16.4 Å². The van der Waals surface area contributed by atoms with Gasteiger partial charge in [0.2, 0.25) is 6.29 Å². The number of hydrogen-bond donors (Lipinski definition) is 1. The van der Waals surface area contributed by atoms with Crippen LogP contribution in [0.25, 0.3) is 10.9 Å². The first kappa shape index (κ1) is 17.7. The quantitative estimate of drug-likeness (QED) is 0.706. The van der Waals surface area contributed by atoms with E-state index in [0.29, 0.717) is 45.5 Å². The number of hydrogen-bond acceptors (Lipinski definition) is 7. The number of nitrogens with zero attached hydrogens (tertiary/aromatic N) is 2. The molecule has 2 heterocycles. The molecule has 0 bridgehead atoms. The van der Waals surface area contributed by atoms with Crippen molar-refractivity contribution in [2.75, 3.05) is 19.5 Å². The van der Waals surface area contributed by atoms with Crippen LogP contribution in [0.4, 0.5) is 11.4 Å². The van der Waals surface area contributed by atoms with Gasteiger partial charge in [-0.05, 0) is 18.2 Å². The molecule has 1 aromatic heterocycles. The summed E-state index contributed by atoms with van der Waals surface area (Å²) in [5.41, 5.74) is 2.41. The van der Waals surface area contributed by atoms with E-state index in [1.165, 1.54) is 6.20 Å². The molecule has 0 saturated heterocycles. The fourth-order valence-corrected chi connectivity index (χ4v) is 3.17. The minimum absolute atomic E-state index is 0.313. The van der Waals surface area contributed by atoms with Crippen LogP contribution in [0.15, 0.2) is 36.5 Å². The Labute approximate surface area is 162 Å². The highest BCUT2D eigenvalue weighted by Gasteiger charge is 2.26. The molecule has 0 aliphatic carbocycles. The second kappa shape index (κ2) is 7.16. The topological polar surface area (TPSA) is 85.6 Å². The van der Waals surface area contributed by atoms with Gasteiger partial charge in [0.05, 0.1) is 36.7 Å². The third-order valence-corrected chi connectivity index (χ3v) is 4.57. The number of nitrogens with one attached hydrogen (secondary N) is 1. The van der Waals surface area contributed by atoms with Crippen molar-refractivity contribution in [3.8, 4) is 29.1 Å². The summed E-state index contributed by atoms with van der Waals surface area (Å²) in [5.74, 6) is 2.43. The first-order chi connectivity index (χ1) is 13.7. The third kappa shape index (κ3) is 2.89. The SMILES string of the molecule is CCC1Oc2cccc(Nc3c(C#N)cnc4cc(OC)c(OC)cc34)c2O1. The van der Waals surface area contributed by atoms with Gasteiger partial charge in [0.1, 0.15) is 6.07 Å². The van der Waals surface area contributed by atoms with Gasteiger partial charge in [0.15, 0.2) is 23.0 Å². The van der Waals surface area contributed by atoms with Crippen molar-refractivity contribution in [3.63, 3.8) is 0 Å². The highest BCUT2D eigenvalue weighted by atomic mass is 16.7. The molecule has 1 unspecified atom stereocenters. The van der Waals surface area contributed by atoms with Crippen molar-refractivity contribution in [3.05, 3.63) is 42.1 Å². The first-order valence-electron chi connectivity index (χ1n) is 8.86. The summed E-state index contributed by atoms with van der Waals surface area (Å²) in [6.45, 7) is 1.99. The van der Waals surface area contributed by atoms with Crippen LogP contribution >= 0.6 is 0 Å². The number of pyridine rings is 1. The summed E-state index contributed by atoms with van der Waals surface area (Å²) in [7, 11) is 3.14. The van der Waals surface area contributed by atoms with Crippen LogP contribution < -0.4 is 24.3 Å². The van der Waals surface area contributed by atoms with Crippen molar-refractivity contribution >= 4 is 22.3 Å². The zero-order chi connectivity index (χ0) is 19.7. The molecule has 2 aromatic carbocycles. The average molecular weight is 377 g/mol. The van der Waals surface area contributed by atoms with Crippen LogP contribution in [0, 0.1) is 11.3 Å². The van der Waals surface area contributed by atoms with Crippen molar-refractivity contribution < 1.29 is 18.9 Å². The number of methoxy groups -OCH3 is 2. The monoisotopic (exact) mass is 377 g/mol. The predicted molar refractivity (Wildman–Crippen MR) is 105 cm³/mol. The summed E-state index contributed by atoms with van der Waals surface area (Å²) >= 11 is 0. The maximum Gasteiger partial charge on any atom is 0.241 e. The van der Waals surface area contributed by atoms with E-state index in [-0.39, 0.29) is 6.29 Å². The Balaban J connectivity index is 1.86. The minimum Gasteiger partial charge on any atom is -0.493 e. The van der Waals surface area contributed by atoms with Crippen LogP contribution in [0.3, 0.4) is 0 Å². The molecule has 7 heteroatoms. The lowest BCUT2D eigenvalue weighted by atomic mass is 10.1. The summed E-state index contributed by atoms with van der Waals surface area (Å²) in [6.07, 6.45) is 1.95. The second-order valence-electron chi connectivity index (χ2n) is 6.21. The van der Waals surface area contributed by atoms with Crippen molar-refractivity contribution in [2.24, 2.45) is 0 Å². The molecular weight excluding hydrogens is 358 g/mol. The van der Waals surface area contributed by atoms with E-state index in [9.17, 15) is 5.26 Å². The fraction of sp³-hybridized carbons (Fsp3) is 0.238. The number of rotatable bonds is 5. The molecule has 3 aromatic rings. The summed E-state index contributed by atoms with van der Waals surface area (Å²) in [6, 6.07) is 11.4. The number of benzene rings is 2. The molecule has 7 nitrogen and oxygen atoms in total. The Morgan fingerprint density at radius 2 is 1.96 bits per heavy atom. The lowest BCUT2D eigenvalue weighted by Gasteiger charge is -2.15. The molecule has 142 valence electrons. The van der Waals surface area contributed by atoms with Crippen molar-refractivity contribution in [1.29, 1.82) is 5.26 Å². The molecular formula is C21H19N3O4. The molecule has 0 spiro atoms. The largest absolute Gasteiger partial charge is 0.493 e. The molecule has 1 aliphatic rings. The standard InChI is InChI=1S/C21H19N3O4/c1-4-19-27-16-7-5-6-14(21(16)28-19)24-20-12(10-22)11-23-15-9-18(26-3)17(25-2)8-13(15)20/h5-9,11,19H,4H2,1-3H3,(H,23,24). The van der Waals surface area contributed by atoms with E-state index < -0.39 is 0 Å². The lowest BCUT2D eigenvalue weighted by Crippen LogP contribution is -2.15. The normalized spacial score (nSPS) is 14.6. The molecule has 0 radical (unpaired) electrons. The van der Waals surface area contributed by atoms with Crippen molar-refractivity contribution in [2.45, 2.75) is 19.6 Å². The van der Waals surface area contributed by atoms with E-state index in [0.717, 1.165) is 11.8 Å². The molecule has 28 heavy (non-hydrogen) atoms. The van der Waals surface area contributed by atoms with Crippen molar-refractivity contribution in [1.82, 2.24) is 4.98 Å². The molecule has 0 fully saturated rings. The van der Waals surface area contributed by atoms with E-state index in [4.69, 9.17) is 18.9 Å². The maximum absolute atomic E-state index is 9.61. The molecule has 1 N–H and O–H groups in total. The van der Waals surface area contributed by atoms with Gasteiger partial charge in [0, 0.05) is 24.1 Å². The smallest absolute Gasteiger partial charge is 0.241 e.